The summed E-state index contributed by atoms with van der Waals surface area (Å²) in [6, 6.07) is 0.657. The summed E-state index contributed by atoms with van der Waals surface area (Å²) in [6.45, 7) is 14.0. The third-order valence-electron chi connectivity index (χ3n) is 3.27. The zero-order valence-corrected chi connectivity index (χ0v) is 12.1. The number of nitrogens with one attached hydrogen (secondary N) is 1. The van der Waals surface area contributed by atoms with Crippen molar-refractivity contribution in [2.24, 2.45) is 0 Å². The minimum atomic E-state index is -0.0137. The molecule has 3 heteroatoms. The summed E-state index contributed by atoms with van der Waals surface area (Å²) in [5.74, 6) is 0. The van der Waals surface area contributed by atoms with E-state index in [1.54, 1.807) is 0 Å². The van der Waals surface area contributed by atoms with E-state index in [4.69, 9.17) is 4.74 Å². The molecule has 1 saturated heterocycles. The molecule has 0 bridgehead atoms. The van der Waals surface area contributed by atoms with Gasteiger partial charge in [0.1, 0.15) is 0 Å². The molecular weight excluding hydrogens is 212 g/mol. The normalized spacial score (nSPS) is 20.5. The van der Waals surface area contributed by atoms with Gasteiger partial charge in [0.25, 0.3) is 0 Å². The summed E-state index contributed by atoms with van der Waals surface area (Å²) in [5.41, 5.74) is -0.0137. The van der Waals surface area contributed by atoms with Crippen molar-refractivity contribution in [2.75, 3.05) is 32.8 Å². The van der Waals surface area contributed by atoms with Crippen molar-refractivity contribution in [3.63, 3.8) is 0 Å². The van der Waals surface area contributed by atoms with Gasteiger partial charge in [0.2, 0.25) is 0 Å². The second-order valence-corrected chi connectivity index (χ2v) is 6.11. The molecule has 1 atom stereocenters. The maximum atomic E-state index is 5.68. The predicted octanol–water partition coefficient (Wildman–Crippen LogP) is 2.27. The second kappa shape index (κ2) is 7.34. The van der Waals surface area contributed by atoms with Gasteiger partial charge in [-0.25, -0.2) is 0 Å². The fourth-order valence-corrected chi connectivity index (χ4v) is 2.23. The van der Waals surface area contributed by atoms with Gasteiger partial charge in [-0.2, -0.15) is 0 Å². The Labute approximate surface area is 107 Å². The van der Waals surface area contributed by atoms with E-state index in [9.17, 15) is 0 Å². The van der Waals surface area contributed by atoms with Crippen molar-refractivity contribution in [2.45, 2.75) is 58.6 Å². The topological polar surface area (TPSA) is 24.5 Å². The summed E-state index contributed by atoms with van der Waals surface area (Å²) >= 11 is 0. The number of rotatable bonds is 6. The monoisotopic (exact) mass is 242 g/mol. The van der Waals surface area contributed by atoms with Crippen LogP contribution in [0.3, 0.4) is 0 Å². The highest BCUT2D eigenvalue weighted by molar-refractivity contribution is 4.73. The first-order valence-electron chi connectivity index (χ1n) is 7.08. The molecule has 3 nitrogen and oxygen atoms in total. The number of nitrogens with zero attached hydrogens (tertiary/aromatic N) is 1. The first-order valence-corrected chi connectivity index (χ1v) is 7.08. The van der Waals surface area contributed by atoms with Gasteiger partial charge in [-0.15, -0.1) is 0 Å². The van der Waals surface area contributed by atoms with Crippen LogP contribution in [0.1, 0.15) is 47.0 Å². The van der Waals surface area contributed by atoms with E-state index in [1.165, 1.54) is 32.4 Å². The van der Waals surface area contributed by atoms with Gasteiger partial charge >= 0.3 is 0 Å². The van der Waals surface area contributed by atoms with Crippen molar-refractivity contribution < 1.29 is 4.74 Å². The molecule has 0 aromatic carbocycles. The van der Waals surface area contributed by atoms with E-state index in [0.717, 1.165) is 19.7 Å². The molecular formula is C14H30N2O. The summed E-state index contributed by atoms with van der Waals surface area (Å²) in [7, 11) is 0. The molecule has 0 saturated carbocycles. The smallest absolute Gasteiger partial charge is 0.0599 e. The molecule has 1 rings (SSSR count). The molecule has 1 heterocycles. The predicted molar refractivity (Wildman–Crippen MR) is 73.5 cm³/mol. The maximum Gasteiger partial charge on any atom is 0.0599 e. The zero-order chi connectivity index (χ0) is 12.7. The SMILES string of the molecule is CC(CNCCOC(C)(C)C)N1CCCCC1. The second-order valence-electron chi connectivity index (χ2n) is 6.11. The standard InChI is InChI=1S/C14H30N2O/c1-13(16-9-6-5-7-10-16)12-15-8-11-17-14(2,3)4/h13,15H,5-12H2,1-4H3. The number of hydrogen-bond donors (Lipinski definition) is 1. The fraction of sp³-hybridized carbons (Fsp3) is 1.00. The van der Waals surface area contributed by atoms with Gasteiger partial charge in [-0.05, 0) is 53.6 Å². The van der Waals surface area contributed by atoms with Crippen LogP contribution in [0.15, 0.2) is 0 Å². The van der Waals surface area contributed by atoms with Crippen LogP contribution < -0.4 is 5.32 Å². The maximum absolute atomic E-state index is 5.68. The van der Waals surface area contributed by atoms with Gasteiger partial charge in [-0.1, -0.05) is 6.42 Å². The lowest BCUT2D eigenvalue weighted by atomic mass is 10.1. The van der Waals surface area contributed by atoms with E-state index >= 15 is 0 Å². The number of likely N-dealkylation sites (tertiary alicyclic amines) is 1. The van der Waals surface area contributed by atoms with Gasteiger partial charge in [0.05, 0.1) is 12.2 Å². The first-order chi connectivity index (χ1) is 7.99. The summed E-state index contributed by atoms with van der Waals surface area (Å²) < 4.78 is 5.68. The van der Waals surface area contributed by atoms with Crippen LogP contribution in [0, 0.1) is 0 Å². The molecule has 0 spiro atoms. The molecule has 0 radical (unpaired) electrons. The number of piperidine rings is 1. The van der Waals surface area contributed by atoms with Crippen LogP contribution in [0.4, 0.5) is 0 Å². The lowest BCUT2D eigenvalue weighted by Gasteiger charge is -2.32. The van der Waals surface area contributed by atoms with E-state index < -0.39 is 0 Å². The van der Waals surface area contributed by atoms with Crippen molar-refractivity contribution in [1.82, 2.24) is 10.2 Å². The van der Waals surface area contributed by atoms with Gasteiger partial charge < -0.3 is 10.1 Å². The quantitative estimate of drug-likeness (QED) is 0.723. The Morgan fingerprint density at radius 2 is 1.82 bits per heavy atom. The minimum Gasteiger partial charge on any atom is -0.375 e. The molecule has 1 fully saturated rings. The van der Waals surface area contributed by atoms with Crippen molar-refractivity contribution >= 4 is 0 Å². The van der Waals surface area contributed by atoms with Gasteiger partial charge in [0.15, 0.2) is 0 Å². The van der Waals surface area contributed by atoms with Crippen LogP contribution in [-0.2, 0) is 4.74 Å². The molecule has 1 aliphatic rings. The average molecular weight is 242 g/mol. The molecule has 0 aliphatic carbocycles. The molecule has 0 aromatic rings. The Morgan fingerprint density at radius 3 is 2.41 bits per heavy atom. The third-order valence-corrected chi connectivity index (χ3v) is 3.27. The Bertz CT molecular complexity index is 195. The van der Waals surface area contributed by atoms with Gasteiger partial charge in [-0.3, -0.25) is 4.90 Å². The Balaban J connectivity index is 2.01. The summed E-state index contributed by atoms with van der Waals surface area (Å²) in [5, 5.41) is 3.49. The first kappa shape index (κ1) is 14.9. The fourth-order valence-electron chi connectivity index (χ4n) is 2.23. The summed E-state index contributed by atoms with van der Waals surface area (Å²) in [4.78, 5) is 2.60. The minimum absolute atomic E-state index is 0.0137. The van der Waals surface area contributed by atoms with Gasteiger partial charge in [0, 0.05) is 19.1 Å². The molecule has 0 amide bonds. The van der Waals surface area contributed by atoms with E-state index in [0.29, 0.717) is 6.04 Å². The van der Waals surface area contributed by atoms with Crippen LogP contribution in [0.5, 0.6) is 0 Å². The molecule has 1 unspecified atom stereocenters. The Kier molecular flexibility index (Phi) is 6.45. The Morgan fingerprint density at radius 1 is 1.18 bits per heavy atom. The highest BCUT2D eigenvalue weighted by Gasteiger charge is 2.16. The lowest BCUT2D eigenvalue weighted by molar-refractivity contribution is -0.00126. The highest BCUT2D eigenvalue weighted by atomic mass is 16.5. The zero-order valence-electron chi connectivity index (χ0n) is 12.1. The Hall–Kier alpha value is -0.120. The van der Waals surface area contributed by atoms with Crippen LogP contribution in [0.2, 0.25) is 0 Å². The van der Waals surface area contributed by atoms with Crippen LogP contribution in [-0.4, -0.2) is 49.3 Å². The largest absolute Gasteiger partial charge is 0.375 e. The van der Waals surface area contributed by atoms with E-state index in [1.807, 2.05) is 0 Å². The number of hydrogen-bond acceptors (Lipinski definition) is 3. The van der Waals surface area contributed by atoms with E-state index in [2.05, 4.69) is 37.9 Å². The third kappa shape index (κ3) is 7.02. The van der Waals surface area contributed by atoms with Crippen molar-refractivity contribution in [1.29, 1.82) is 0 Å². The van der Waals surface area contributed by atoms with Crippen molar-refractivity contribution in [3.8, 4) is 0 Å². The average Bonchev–Trinajstić information content (AvgIpc) is 2.28. The lowest BCUT2D eigenvalue weighted by Crippen LogP contribution is -2.43. The molecule has 1 aliphatic heterocycles. The molecule has 1 N–H and O–H groups in total. The van der Waals surface area contributed by atoms with Crippen LogP contribution >= 0.6 is 0 Å². The van der Waals surface area contributed by atoms with Crippen molar-refractivity contribution in [3.05, 3.63) is 0 Å². The van der Waals surface area contributed by atoms with Crippen LogP contribution in [0.25, 0.3) is 0 Å². The molecule has 102 valence electrons. The van der Waals surface area contributed by atoms with E-state index in [-0.39, 0.29) is 5.60 Å². The molecule has 0 aromatic heterocycles. The summed E-state index contributed by atoms with van der Waals surface area (Å²) in [6.07, 6.45) is 4.16. The molecule has 17 heavy (non-hydrogen) atoms. The highest BCUT2D eigenvalue weighted by Crippen LogP contribution is 2.11. The number of ether oxygens (including phenoxy) is 1.